The molecule has 23 heavy (non-hydrogen) atoms. The molecule has 2 rings (SSSR count). The number of hydrogen-bond acceptors (Lipinski definition) is 4. The summed E-state index contributed by atoms with van der Waals surface area (Å²) in [6.07, 6.45) is 0.737. The smallest absolute Gasteiger partial charge is 0.371 e. The van der Waals surface area contributed by atoms with Crippen LogP contribution in [0.25, 0.3) is 0 Å². The second-order valence-electron chi connectivity index (χ2n) is 4.95. The summed E-state index contributed by atoms with van der Waals surface area (Å²) in [6, 6.07) is 12.0. The fraction of sp³-hybridized carbons (Fsp3) is 0.250. The largest absolute Gasteiger partial charge is 0.480 e. The molecule has 7 heteroatoms. The minimum absolute atomic E-state index is 0.126. The molecule has 0 bridgehead atoms. The van der Waals surface area contributed by atoms with E-state index in [9.17, 15) is 18.9 Å². The molecule has 122 valence electrons. The molecule has 0 fully saturated rings. The molecular weight excluding hydrogens is 320 g/mol. The Balaban J connectivity index is 2.00. The van der Waals surface area contributed by atoms with Crippen molar-refractivity contribution in [1.82, 2.24) is 0 Å². The third-order valence-electron chi connectivity index (χ3n) is 3.29. The van der Waals surface area contributed by atoms with E-state index in [2.05, 4.69) is 0 Å². The molecule has 0 saturated carbocycles. The van der Waals surface area contributed by atoms with Crippen molar-refractivity contribution in [2.45, 2.75) is 23.8 Å². The normalized spacial score (nSPS) is 13.4. The van der Waals surface area contributed by atoms with Crippen LogP contribution >= 0.6 is 0 Å². The van der Waals surface area contributed by atoms with E-state index in [-0.39, 0.29) is 23.7 Å². The van der Waals surface area contributed by atoms with Crippen molar-refractivity contribution in [3.8, 4) is 0 Å². The molecule has 0 aliphatic heterocycles. The Kier molecular flexibility index (Phi) is 5.70. The molecule has 2 aromatic rings. The Morgan fingerprint density at radius 2 is 1.78 bits per heavy atom. The summed E-state index contributed by atoms with van der Waals surface area (Å²) < 4.78 is 17.3. The zero-order chi connectivity index (χ0) is 16.8. The van der Waals surface area contributed by atoms with E-state index >= 15 is 0 Å². The summed E-state index contributed by atoms with van der Waals surface area (Å²) in [5.74, 6) is -2.54. The molecule has 0 saturated heterocycles. The molecule has 1 aromatic heterocycles. The van der Waals surface area contributed by atoms with Crippen molar-refractivity contribution in [3.05, 3.63) is 59.5 Å². The highest BCUT2D eigenvalue weighted by molar-refractivity contribution is 7.85. The highest BCUT2D eigenvalue weighted by atomic mass is 32.2. The molecule has 0 aliphatic rings. The molecule has 2 N–H and O–H groups in total. The second-order valence-corrected chi connectivity index (χ2v) is 6.57. The van der Waals surface area contributed by atoms with Gasteiger partial charge in [-0.2, -0.15) is 0 Å². The number of aryl methyl sites for hydroxylation is 1. The number of aliphatic carboxylic acids is 1. The summed E-state index contributed by atoms with van der Waals surface area (Å²) in [7, 11) is -1.70. The number of aromatic carboxylic acids is 1. The molecule has 0 spiro atoms. The van der Waals surface area contributed by atoms with Crippen LogP contribution in [0.3, 0.4) is 0 Å². The summed E-state index contributed by atoms with van der Waals surface area (Å²) in [4.78, 5) is 22.1. The van der Waals surface area contributed by atoms with Gasteiger partial charge in [-0.05, 0) is 30.5 Å². The monoisotopic (exact) mass is 336 g/mol. The van der Waals surface area contributed by atoms with Gasteiger partial charge in [-0.3, -0.25) is 9.00 Å². The Hall–Kier alpha value is -2.41. The first kappa shape index (κ1) is 17.0. The number of furan rings is 1. The van der Waals surface area contributed by atoms with Crippen molar-refractivity contribution < 1.29 is 28.4 Å². The van der Waals surface area contributed by atoms with Gasteiger partial charge in [0.2, 0.25) is 5.76 Å². The standard InChI is InChI=1S/C16H16O6S/c17-15(18)13-8-7-12(22-13)10-23(21)14(16(19)20)9-6-11-4-2-1-3-5-11/h1-5,7-8,14H,6,9-10H2,(H,17,18)(H,19,20). The average Bonchev–Trinajstić information content (AvgIpc) is 2.97. The van der Waals surface area contributed by atoms with Gasteiger partial charge in [0, 0.05) is 10.8 Å². The van der Waals surface area contributed by atoms with Gasteiger partial charge in [-0.1, -0.05) is 30.3 Å². The van der Waals surface area contributed by atoms with Crippen LogP contribution < -0.4 is 0 Å². The van der Waals surface area contributed by atoms with Crippen LogP contribution in [-0.4, -0.2) is 31.6 Å². The first-order chi connectivity index (χ1) is 11.0. The molecule has 6 nitrogen and oxygen atoms in total. The van der Waals surface area contributed by atoms with Crippen LogP contribution in [0.1, 0.15) is 28.3 Å². The lowest BCUT2D eigenvalue weighted by Crippen LogP contribution is -2.27. The Bertz CT molecular complexity index is 706. The lowest BCUT2D eigenvalue weighted by Gasteiger charge is -2.11. The number of carboxylic acid groups (broad SMARTS) is 2. The van der Waals surface area contributed by atoms with Gasteiger partial charge < -0.3 is 14.6 Å². The molecule has 1 aromatic carbocycles. The van der Waals surface area contributed by atoms with Crippen LogP contribution in [0.2, 0.25) is 0 Å². The van der Waals surface area contributed by atoms with Crippen LogP contribution in [0.4, 0.5) is 0 Å². The van der Waals surface area contributed by atoms with Gasteiger partial charge in [-0.15, -0.1) is 0 Å². The predicted molar refractivity (Wildman–Crippen MR) is 83.7 cm³/mol. The number of hydrogen-bond donors (Lipinski definition) is 2. The summed E-state index contributed by atoms with van der Waals surface area (Å²) in [5.41, 5.74) is 0.974. The lowest BCUT2D eigenvalue weighted by atomic mass is 10.1. The van der Waals surface area contributed by atoms with Gasteiger partial charge in [0.15, 0.2) is 0 Å². The third-order valence-corrected chi connectivity index (χ3v) is 4.93. The summed E-state index contributed by atoms with van der Waals surface area (Å²) in [5, 5.41) is 17.0. The molecule has 0 amide bonds. The Morgan fingerprint density at radius 3 is 2.35 bits per heavy atom. The quantitative estimate of drug-likeness (QED) is 0.766. The highest BCUT2D eigenvalue weighted by Crippen LogP contribution is 2.16. The number of rotatable bonds is 8. The fourth-order valence-electron chi connectivity index (χ4n) is 2.12. The second kappa shape index (κ2) is 7.73. The number of carboxylic acids is 2. The zero-order valence-corrected chi connectivity index (χ0v) is 13.0. The minimum Gasteiger partial charge on any atom is -0.480 e. The van der Waals surface area contributed by atoms with E-state index in [0.717, 1.165) is 5.56 Å². The van der Waals surface area contributed by atoms with Gasteiger partial charge in [-0.25, -0.2) is 4.79 Å². The first-order valence-electron chi connectivity index (χ1n) is 6.93. The van der Waals surface area contributed by atoms with Gasteiger partial charge in [0.05, 0.1) is 5.75 Å². The molecule has 2 atom stereocenters. The maximum absolute atomic E-state index is 12.3. The van der Waals surface area contributed by atoms with Crippen LogP contribution in [-0.2, 0) is 27.8 Å². The maximum Gasteiger partial charge on any atom is 0.371 e. The van der Waals surface area contributed by atoms with E-state index in [4.69, 9.17) is 9.52 Å². The van der Waals surface area contributed by atoms with Gasteiger partial charge >= 0.3 is 11.9 Å². The molecule has 1 heterocycles. The van der Waals surface area contributed by atoms with Crippen LogP contribution in [0.15, 0.2) is 46.9 Å². The third kappa shape index (κ3) is 4.79. The van der Waals surface area contributed by atoms with E-state index in [1.807, 2.05) is 30.3 Å². The Morgan fingerprint density at radius 1 is 1.09 bits per heavy atom. The highest BCUT2D eigenvalue weighted by Gasteiger charge is 2.25. The minimum atomic E-state index is -1.70. The van der Waals surface area contributed by atoms with Gasteiger partial charge in [0.25, 0.3) is 0 Å². The number of carbonyl (C=O) groups is 2. The molecular formula is C16H16O6S. The number of benzene rings is 1. The lowest BCUT2D eigenvalue weighted by molar-refractivity contribution is -0.136. The summed E-state index contributed by atoms with van der Waals surface area (Å²) >= 11 is 0. The van der Waals surface area contributed by atoms with Crippen LogP contribution in [0, 0.1) is 0 Å². The Labute approximate surface area is 135 Å². The molecule has 2 unspecified atom stereocenters. The topological polar surface area (TPSA) is 105 Å². The van der Waals surface area contributed by atoms with E-state index in [1.54, 1.807) is 0 Å². The average molecular weight is 336 g/mol. The fourth-order valence-corrected chi connectivity index (χ4v) is 3.36. The van der Waals surface area contributed by atoms with Crippen molar-refractivity contribution in [2.24, 2.45) is 0 Å². The summed E-state index contributed by atoms with van der Waals surface area (Å²) in [6.45, 7) is 0. The van der Waals surface area contributed by atoms with Crippen molar-refractivity contribution in [2.75, 3.05) is 0 Å². The van der Waals surface area contributed by atoms with Crippen molar-refractivity contribution in [3.63, 3.8) is 0 Å². The van der Waals surface area contributed by atoms with E-state index < -0.39 is 28.0 Å². The van der Waals surface area contributed by atoms with Crippen molar-refractivity contribution >= 4 is 22.7 Å². The van der Waals surface area contributed by atoms with E-state index in [0.29, 0.717) is 6.42 Å². The van der Waals surface area contributed by atoms with Gasteiger partial charge in [0.1, 0.15) is 11.0 Å². The van der Waals surface area contributed by atoms with E-state index in [1.165, 1.54) is 12.1 Å². The molecule has 0 radical (unpaired) electrons. The van der Waals surface area contributed by atoms with Crippen molar-refractivity contribution in [1.29, 1.82) is 0 Å². The SMILES string of the molecule is O=C(O)c1ccc(CS(=O)C(CCc2ccccc2)C(=O)O)o1. The predicted octanol–water partition coefficient (Wildman–Crippen LogP) is 2.31. The zero-order valence-electron chi connectivity index (χ0n) is 12.2. The first-order valence-corrected chi connectivity index (χ1v) is 8.31. The maximum atomic E-state index is 12.3. The van der Waals surface area contributed by atoms with Crippen LogP contribution in [0.5, 0.6) is 0 Å². The molecule has 0 aliphatic carbocycles.